The van der Waals surface area contributed by atoms with E-state index in [-0.39, 0.29) is 12.6 Å². The van der Waals surface area contributed by atoms with Crippen molar-refractivity contribution in [1.29, 1.82) is 0 Å². The molecule has 1 aliphatic rings. The Morgan fingerprint density at radius 3 is 3.00 bits per heavy atom. The highest BCUT2D eigenvalue weighted by Gasteiger charge is 2.25. The van der Waals surface area contributed by atoms with Crippen molar-refractivity contribution in [3.05, 3.63) is 24.3 Å². The van der Waals surface area contributed by atoms with Crippen LogP contribution in [0.25, 0.3) is 0 Å². The second-order valence-corrected chi connectivity index (χ2v) is 3.83. The molecule has 0 aliphatic carbocycles. The Hall–Kier alpha value is -1.29. The minimum atomic E-state index is -0.960. The third-order valence-electron chi connectivity index (χ3n) is 2.73. The molecule has 1 aromatic rings. The van der Waals surface area contributed by atoms with Gasteiger partial charge in [0.2, 0.25) is 0 Å². The minimum absolute atomic E-state index is 0.173. The van der Waals surface area contributed by atoms with Crippen LogP contribution in [0.3, 0.4) is 0 Å². The van der Waals surface area contributed by atoms with Gasteiger partial charge >= 0.3 is 0 Å². The molecule has 0 spiro atoms. The monoisotopic (exact) mass is 225 g/mol. The van der Waals surface area contributed by atoms with Crippen LogP contribution in [0.4, 0.5) is 10.1 Å². The number of nitrogens with one attached hydrogen (secondary N) is 1. The Morgan fingerprint density at radius 2 is 2.25 bits per heavy atom. The van der Waals surface area contributed by atoms with Crippen LogP contribution in [0.15, 0.2) is 24.3 Å². The van der Waals surface area contributed by atoms with Crippen molar-refractivity contribution in [1.82, 2.24) is 0 Å². The average molecular weight is 225 g/mol. The standard InChI is InChI=1S/C12H16FNO2/c1-15-12-5-3-2-4-11(12)14-10-6-7-16-8-9(10)13/h2-5,9-10,14H,6-8H2,1H3. The fourth-order valence-electron chi connectivity index (χ4n) is 1.83. The van der Waals surface area contributed by atoms with Crippen LogP contribution in [-0.4, -0.2) is 32.5 Å². The second-order valence-electron chi connectivity index (χ2n) is 3.83. The third kappa shape index (κ3) is 2.44. The Morgan fingerprint density at radius 1 is 1.44 bits per heavy atom. The molecular weight excluding hydrogens is 209 g/mol. The summed E-state index contributed by atoms with van der Waals surface area (Å²) in [6.07, 6.45) is -0.280. The van der Waals surface area contributed by atoms with E-state index in [4.69, 9.17) is 9.47 Å². The van der Waals surface area contributed by atoms with Crippen LogP contribution in [-0.2, 0) is 4.74 Å². The van der Waals surface area contributed by atoms with Gasteiger partial charge in [-0.05, 0) is 18.6 Å². The smallest absolute Gasteiger partial charge is 0.143 e. The second kappa shape index (κ2) is 5.16. The van der Waals surface area contributed by atoms with Gasteiger partial charge in [-0.1, -0.05) is 12.1 Å². The maximum absolute atomic E-state index is 13.5. The van der Waals surface area contributed by atoms with Gasteiger partial charge < -0.3 is 14.8 Å². The number of para-hydroxylation sites is 2. The van der Waals surface area contributed by atoms with Crippen LogP contribution in [0.5, 0.6) is 5.75 Å². The Kier molecular flexibility index (Phi) is 3.62. The van der Waals surface area contributed by atoms with E-state index in [1.807, 2.05) is 24.3 Å². The predicted octanol–water partition coefficient (Wildman–Crippen LogP) is 2.23. The Balaban J connectivity index is 2.07. The molecule has 0 saturated carbocycles. The van der Waals surface area contributed by atoms with Crippen LogP contribution in [0.1, 0.15) is 6.42 Å². The number of alkyl halides is 1. The van der Waals surface area contributed by atoms with Crippen LogP contribution in [0, 0.1) is 0 Å². The molecule has 1 N–H and O–H groups in total. The summed E-state index contributed by atoms with van der Waals surface area (Å²) in [7, 11) is 1.61. The van der Waals surface area contributed by atoms with Gasteiger partial charge in [0.1, 0.15) is 11.9 Å². The Labute approximate surface area is 94.6 Å². The average Bonchev–Trinajstić information content (AvgIpc) is 2.33. The van der Waals surface area contributed by atoms with Gasteiger partial charge in [-0.3, -0.25) is 0 Å². The van der Waals surface area contributed by atoms with Crippen LogP contribution < -0.4 is 10.1 Å². The zero-order chi connectivity index (χ0) is 11.4. The van der Waals surface area contributed by atoms with Crippen LogP contribution >= 0.6 is 0 Å². The van der Waals surface area contributed by atoms with Crippen molar-refractivity contribution in [2.75, 3.05) is 25.6 Å². The maximum Gasteiger partial charge on any atom is 0.143 e. The van der Waals surface area contributed by atoms with Gasteiger partial charge in [-0.2, -0.15) is 0 Å². The number of anilines is 1. The molecule has 1 heterocycles. The van der Waals surface area contributed by atoms with Gasteiger partial charge in [0.15, 0.2) is 0 Å². The number of rotatable bonds is 3. The first-order valence-electron chi connectivity index (χ1n) is 5.42. The minimum Gasteiger partial charge on any atom is -0.495 e. The van der Waals surface area contributed by atoms with Crippen LogP contribution in [0.2, 0.25) is 0 Å². The first-order valence-corrected chi connectivity index (χ1v) is 5.42. The number of methoxy groups -OCH3 is 1. The lowest BCUT2D eigenvalue weighted by molar-refractivity contribution is 0.0285. The zero-order valence-corrected chi connectivity index (χ0v) is 9.28. The summed E-state index contributed by atoms with van der Waals surface area (Å²) in [4.78, 5) is 0. The number of halogens is 1. The highest BCUT2D eigenvalue weighted by molar-refractivity contribution is 5.56. The van der Waals surface area contributed by atoms with E-state index in [0.29, 0.717) is 13.0 Å². The van der Waals surface area contributed by atoms with Gasteiger partial charge in [0.25, 0.3) is 0 Å². The quantitative estimate of drug-likeness (QED) is 0.855. The normalized spacial score (nSPS) is 25.1. The lowest BCUT2D eigenvalue weighted by atomic mass is 10.1. The molecule has 0 bridgehead atoms. The number of benzene rings is 1. The molecule has 0 aromatic heterocycles. The molecule has 0 amide bonds. The topological polar surface area (TPSA) is 30.5 Å². The van der Waals surface area contributed by atoms with Gasteiger partial charge in [0.05, 0.1) is 25.4 Å². The van der Waals surface area contributed by atoms with E-state index in [1.165, 1.54) is 0 Å². The van der Waals surface area contributed by atoms with E-state index < -0.39 is 6.17 Å². The molecule has 88 valence electrons. The summed E-state index contributed by atoms with van der Waals surface area (Å²) < 4.78 is 23.8. The fourth-order valence-corrected chi connectivity index (χ4v) is 1.83. The van der Waals surface area contributed by atoms with Crippen molar-refractivity contribution >= 4 is 5.69 Å². The summed E-state index contributed by atoms with van der Waals surface area (Å²) in [5.41, 5.74) is 0.833. The molecule has 4 heteroatoms. The molecule has 16 heavy (non-hydrogen) atoms. The van der Waals surface area contributed by atoms with Gasteiger partial charge in [-0.25, -0.2) is 4.39 Å². The third-order valence-corrected chi connectivity index (χ3v) is 2.73. The molecule has 3 nitrogen and oxygen atoms in total. The van der Waals surface area contributed by atoms with E-state index in [1.54, 1.807) is 7.11 Å². The molecule has 2 atom stereocenters. The van der Waals surface area contributed by atoms with Crippen molar-refractivity contribution in [3.8, 4) is 5.75 Å². The molecule has 2 unspecified atom stereocenters. The summed E-state index contributed by atoms with van der Waals surface area (Å²) in [5.74, 6) is 0.737. The van der Waals surface area contributed by atoms with Crippen molar-refractivity contribution in [2.45, 2.75) is 18.6 Å². The molecule has 1 saturated heterocycles. The fraction of sp³-hybridized carbons (Fsp3) is 0.500. The van der Waals surface area contributed by atoms with E-state index >= 15 is 0 Å². The first-order chi connectivity index (χ1) is 7.81. The van der Waals surface area contributed by atoms with Gasteiger partial charge in [0, 0.05) is 6.61 Å². The van der Waals surface area contributed by atoms with E-state index in [0.717, 1.165) is 11.4 Å². The summed E-state index contributed by atoms with van der Waals surface area (Å²) in [6.45, 7) is 0.778. The van der Waals surface area contributed by atoms with Crippen molar-refractivity contribution in [2.24, 2.45) is 0 Å². The SMILES string of the molecule is COc1ccccc1NC1CCOCC1F. The molecule has 1 fully saturated rings. The molecule has 1 aromatic carbocycles. The summed E-state index contributed by atoms with van der Waals surface area (Å²) in [6, 6.07) is 7.35. The molecule has 0 radical (unpaired) electrons. The number of hydrogen-bond donors (Lipinski definition) is 1. The van der Waals surface area contributed by atoms with Crippen molar-refractivity contribution < 1.29 is 13.9 Å². The largest absolute Gasteiger partial charge is 0.495 e. The highest BCUT2D eigenvalue weighted by atomic mass is 19.1. The van der Waals surface area contributed by atoms with E-state index in [2.05, 4.69) is 5.32 Å². The zero-order valence-electron chi connectivity index (χ0n) is 9.28. The molecule has 1 aliphatic heterocycles. The summed E-state index contributed by atoms with van der Waals surface area (Å²) >= 11 is 0. The summed E-state index contributed by atoms with van der Waals surface area (Å²) in [5, 5.41) is 3.17. The Bertz CT molecular complexity index is 346. The lowest BCUT2D eigenvalue weighted by Gasteiger charge is -2.28. The maximum atomic E-state index is 13.5. The highest BCUT2D eigenvalue weighted by Crippen LogP contribution is 2.26. The lowest BCUT2D eigenvalue weighted by Crippen LogP contribution is -2.39. The van der Waals surface area contributed by atoms with Crippen molar-refractivity contribution in [3.63, 3.8) is 0 Å². The molecule has 2 rings (SSSR count). The van der Waals surface area contributed by atoms with E-state index in [9.17, 15) is 4.39 Å². The number of ether oxygens (including phenoxy) is 2. The molecular formula is C12H16FNO2. The first kappa shape index (κ1) is 11.2. The van der Waals surface area contributed by atoms with Gasteiger partial charge in [-0.15, -0.1) is 0 Å². The number of hydrogen-bond acceptors (Lipinski definition) is 3. The predicted molar refractivity (Wildman–Crippen MR) is 60.7 cm³/mol.